The van der Waals surface area contributed by atoms with Crippen molar-refractivity contribution in [1.29, 1.82) is 0 Å². The minimum absolute atomic E-state index is 0.130. The van der Waals surface area contributed by atoms with Crippen LogP contribution in [0.25, 0.3) is 5.57 Å². The summed E-state index contributed by atoms with van der Waals surface area (Å²) in [6.07, 6.45) is 5.77. The summed E-state index contributed by atoms with van der Waals surface area (Å²) in [5.74, 6) is -0.162. The summed E-state index contributed by atoms with van der Waals surface area (Å²) in [4.78, 5) is 12.7. The Morgan fingerprint density at radius 3 is 2.42 bits per heavy atom. The van der Waals surface area contributed by atoms with Crippen LogP contribution in [0.4, 0.5) is 5.69 Å². The van der Waals surface area contributed by atoms with E-state index in [2.05, 4.69) is 12.2 Å². The Kier molecular flexibility index (Phi) is 6.60. The lowest BCUT2D eigenvalue weighted by Crippen LogP contribution is -2.15. The lowest BCUT2D eigenvalue weighted by Gasteiger charge is -2.12. The van der Waals surface area contributed by atoms with Gasteiger partial charge in [0.2, 0.25) is 0 Å². The maximum Gasteiger partial charge on any atom is 0.257 e. The number of allylic oxidation sites excluding steroid dienone is 1. The van der Waals surface area contributed by atoms with E-state index in [1.807, 2.05) is 31.2 Å². The molecule has 0 radical (unpaired) electrons. The Balaban J connectivity index is 2.39. The zero-order chi connectivity index (χ0) is 17.6. The second-order valence-corrected chi connectivity index (χ2v) is 8.41. The smallest absolute Gasteiger partial charge is 0.257 e. The average molecular weight is 349 g/mol. The number of rotatable bonds is 9. The second kappa shape index (κ2) is 8.47. The fraction of sp³-hybridized carbons (Fsp3) is 0.526. The number of hydrogen-bond donors (Lipinski definition) is 1. The maximum absolute atomic E-state index is 12.9. The molecule has 0 fully saturated rings. The summed E-state index contributed by atoms with van der Waals surface area (Å²) in [6, 6.07) is 7.31. The minimum atomic E-state index is -3.42. The monoisotopic (exact) mass is 349 g/mol. The van der Waals surface area contributed by atoms with Crippen LogP contribution in [0.1, 0.15) is 64.4 Å². The fourth-order valence-electron chi connectivity index (χ4n) is 3.01. The molecule has 0 atom stereocenters. The predicted molar refractivity (Wildman–Crippen MR) is 99.4 cm³/mol. The number of unbranched alkanes of at least 4 members (excludes halogenated alkanes) is 4. The highest BCUT2D eigenvalue weighted by atomic mass is 32.2. The lowest BCUT2D eigenvalue weighted by molar-refractivity contribution is -0.110. The van der Waals surface area contributed by atoms with Gasteiger partial charge in [-0.15, -0.1) is 0 Å². The summed E-state index contributed by atoms with van der Waals surface area (Å²) >= 11 is 0. The first kappa shape index (κ1) is 18.7. The Morgan fingerprint density at radius 2 is 1.71 bits per heavy atom. The number of anilines is 1. The van der Waals surface area contributed by atoms with E-state index >= 15 is 0 Å². The van der Waals surface area contributed by atoms with Crippen molar-refractivity contribution >= 4 is 27.0 Å². The first-order chi connectivity index (χ1) is 11.5. The Bertz CT molecular complexity index is 720. The quantitative estimate of drug-likeness (QED) is 0.526. The van der Waals surface area contributed by atoms with Crippen molar-refractivity contribution in [2.24, 2.45) is 0 Å². The number of carbonyl (C=O) groups is 1. The lowest BCUT2D eigenvalue weighted by atomic mass is 10.0. The predicted octanol–water partition coefficient (Wildman–Crippen LogP) is 4.54. The molecule has 0 aliphatic carbocycles. The van der Waals surface area contributed by atoms with Crippen molar-refractivity contribution in [3.8, 4) is 0 Å². The topological polar surface area (TPSA) is 63.2 Å². The molecule has 0 aromatic heterocycles. The largest absolute Gasteiger partial charge is 0.321 e. The first-order valence-electron chi connectivity index (χ1n) is 8.88. The third-order valence-electron chi connectivity index (χ3n) is 4.35. The number of amides is 1. The minimum Gasteiger partial charge on any atom is -0.321 e. The maximum atomic E-state index is 12.9. The standard InChI is InChI=1S/C19H27NO3S/c1-3-5-7-10-14-24(22,23)17(13-6-4-2)18-15-11-8-9-12-16(15)20-19(18)21/h8-9,11-12H,3-7,10,13-14H2,1-2H3,(H,20,21)/b18-17-. The fourth-order valence-corrected chi connectivity index (χ4v) is 4.81. The number of nitrogens with one attached hydrogen (secondary N) is 1. The van der Waals surface area contributed by atoms with Crippen LogP contribution < -0.4 is 5.32 Å². The summed E-state index contributed by atoms with van der Waals surface area (Å²) in [5, 5.41) is 2.79. The first-order valence-corrected chi connectivity index (χ1v) is 10.5. The van der Waals surface area contributed by atoms with Crippen molar-refractivity contribution in [3.63, 3.8) is 0 Å². The van der Waals surface area contributed by atoms with Gasteiger partial charge in [0.05, 0.1) is 16.2 Å². The van der Waals surface area contributed by atoms with Gasteiger partial charge in [0, 0.05) is 11.3 Å². The van der Waals surface area contributed by atoms with E-state index in [4.69, 9.17) is 0 Å². The van der Waals surface area contributed by atoms with Gasteiger partial charge in [0.15, 0.2) is 9.84 Å². The zero-order valence-electron chi connectivity index (χ0n) is 14.6. The van der Waals surface area contributed by atoms with E-state index in [-0.39, 0.29) is 11.7 Å². The van der Waals surface area contributed by atoms with E-state index < -0.39 is 9.84 Å². The zero-order valence-corrected chi connectivity index (χ0v) is 15.4. The van der Waals surface area contributed by atoms with E-state index in [1.165, 1.54) is 0 Å². The van der Waals surface area contributed by atoms with Crippen LogP contribution in [0.3, 0.4) is 0 Å². The van der Waals surface area contributed by atoms with Crippen LogP contribution in [-0.2, 0) is 14.6 Å². The van der Waals surface area contributed by atoms with Crippen LogP contribution >= 0.6 is 0 Å². The molecule has 1 N–H and O–H groups in total. The molecule has 4 nitrogen and oxygen atoms in total. The van der Waals surface area contributed by atoms with Gasteiger partial charge in [-0.05, 0) is 25.3 Å². The van der Waals surface area contributed by atoms with E-state index in [1.54, 1.807) is 0 Å². The Labute approximate surface area is 145 Å². The molecule has 1 aliphatic rings. The number of benzene rings is 1. The van der Waals surface area contributed by atoms with Gasteiger partial charge in [-0.25, -0.2) is 8.42 Å². The van der Waals surface area contributed by atoms with Crippen LogP contribution in [0.5, 0.6) is 0 Å². The van der Waals surface area contributed by atoms with Gasteiger partial charge < -0.3 is 5.32 Å². The SMILES string of the molecule is CCCCCCS(=O)(=O)/C(CCCC)=C1\C(=O)Nc2ccccc21. The molecule has 1 aromatic carbocycles. The van der Waals surface area contributed by atoms with Gasteiger partial charge >= 0.3 is 0 Å². The van der Waals surface area contributed by atoms with Crippen molar-refractivity contribution in [2.75, 3.05) is 11.1 Å². The van der Waals surface area contributed by atoms with Gasteiger partial charge in [-0.2, -0.15) is 0 Å². The van der Waals surface area contributed by atoms with E-state index in [9.17, 15) is 13.2 Å². The van der Waals surface area contributed by atoms with Crippen molar-refractivity contribution < 1.29 is 13.2 Å². The Morgan fingerprint density at radius 1 is 1.00 bits per heavy atom. The van der Waals surface area contributed by atoms with E-state index in [0.29, 0.717) is 34.6 Å². The molecule has 0 unspecified atom stereocenters. The highest BCUT2D eigenvalue weighted by Gasteiger charge is 2.31. The number of sulfone groups is 1. The van der Waals surface area contributed by atoms with Crippen molar-refractivity contribution in [3.05, 3.63) is 34.7 Å². The van der Waals surface area contributed by atoms with Crippen molar-refractivity contribution in [1.82, 2.24) is 0 Å². The molecule has 0 bridgehead atoms. The van der Waals surface area contributed by atoms with Crippen LogP contribution in [0.2, 0.25) is 0 Å². The molecular weight excluding hydrogens is 322 g/mol. The number of hydrogen-bond acceptors (Lipinski definition) is 3. The number of carbonyl (C=O) groups excluding carboxylic acids is 1. The number of fused-ring (bicyclic) bond motifs is 1. The molecule has 0 spiro atoms. The van der Waals surface area contributed by atoms with Gasteiger partial charge in [-0.3, -0.25) is 4.79 Å². The summed E-state index contributed by atoms with van der Waals surface area (Å²) in [6.45, 7) is 4.13. The molecule has 1 aliphatic heterocycles. The van der Waals surface area contributed by atoms with Crippen LogP contribution in [0.15, 0.2) is 29.2 Å². The summed E-state index contributed by atoms with van der Waals surface area (Å²) in [7, 11) is -3.42. The van der Waals surface area contributed by atoms with Gasteiger partial charge in [-0.1, -0.05) is 57.7 Å². The molecule has 24 heavy (non-hydrogen) atoms. The third kappa shape index (κ3) is 4.26. The third-order valence-corrected chi connectivity index (χ3v) is 6.34. The molecule has 2 rings (SSSR count). The highest BCUT2D eigenvalue weighted by molar-refractivity contribution is 7.95. The average Bonchev–Trinajstić information content (AvgIpc) is 2.88. The molecule has 0 saturated carbocycles. The van der Waals surface area contributed by atoms with Gasteiger partial charge in [0.1, 0.15) is 0 Å². The van der Waals surface area contributed by atoms with Crippen LogP contribution in [-0.4, -0.2) is 20.1 Å². The van der Waals surface area contributed by atoms with Crippen LogP contribution in [0, 0.1) is 0 Å². The normalized spacial score (nSPS) is 16.0. The van der Waals surface area contributed by atoms with Crippen molar-refractivity contribution in [2.45, 2.75) is 58.8 Å². The number of para-hydroxylation sites is 1. The molecule has 1 amide bonds. The molecule has 5 heteroatoms. The van der Waals surface area contributed by atoms with Gasteiger partial charge in [0.25, 0.3) is 5.91 Å². The Hall–Kier alpha value is -1.62. The molecule has 0 saturated heterocycles. The summed E-state index contributed by atoms with van der Waals surface area (Å²) < 4.78 is 25.8. The summed E-state index contributed by atoms with van der Waals surface area (Å²) in [5.41, 5.74) is 1.77. The molecule has 1 heterocycles. The molecule has 1 aromatic rings. The molecular formula is C19H27NO3S. The highest BCUT2D eigenvalue weighted by Crippen LogP contribution is 2.37. The van der Waals surface area contributed by atoms with E-state index in [0.717, 1.165) is 32.1 Å². The molecule has 132 valence electrons. The second-order valence-electron chi connectivity index (χ2n) is 6.28.